The number of piperazine rings is 1. The molecule has 5 nitrogen and oxygen atoms in total. The Kier molecular flexibility index (Phi) is 5.31. The van der Waals surface area contributed by atoms with Gasteiger partial charge in [0, 0.05) is 45.1 Å². The molecule has 1 aliphatic heterocycles. The minimum absolute atomic E-state index is 0.202. The number of hydrogen-bond acceptors (Lipinski definition) is 4. The average Bonchev–Trinajstić information content (AvgIpc) is 2.48. The molecule has 0 spiro atoms. The number of aromatic nitrogens is 1. The second-order valence-electron chi connectivity index (χ2n) is 6.08. The van der Waals surface area contributed by atoms with E-state index in [0.29, 0.717) is 0 Å². The van der Waals surface area contributed by atoms with Gasteiger partial charge in [-0.25, -0.2) is 0 Å². The molecule has 1 saturated heterocycles. The SMILES string of the molecule is CCNC(C)(C)C(=O)N1CCN(Cc2ccncc2)CC1. The number of carbonyl (C=O) groups excluding carboxylic acids is 1. The highest BCUT2D eigenvalue weighted by Gasteiger charge is 2.32. The molecule has 0 bridgehead atoms. The van der Waals surface area contributed by atoms with Crippen molar-refractivity contribution in [2.75, 3.05) is 32.7 Å². The van der Waals surface area contributed by atoms with E-state index in [1.165, 1.54) is 5.56 Å². The van der Waals surface area contributed by atoms with E-state index >= 15 is 0 Å². The highest BCUT2D eigenvalue weighted by Crippen LogP contribution is 2.13. The number of rotatable bonds is 5. The quantitative estimate of drug-likeness (QED) is 0.883. The Labute approximate surface area is 127 Å². The maximum absolute atomic E-state index is 12.5. The van der Waals surface area contributed by atoms with Crippen LogP contribution in [0, 0.1) is 0 Å². The molecule has 0 saturated carbocycles. The maximum Gasteiger partial charge on any atom is 0.242 e. The van der Waals surface area contributed by atoms with Crippen molar-refractivity contribution in [3.8, 4) is 0 Å². The Morgan fingerprint density at radius 2 is 1.86 bits per heavy atom. The zero-order valence-electron chi connectivity index (χ0n) is 13.3. The van der Waals surface area contributed by atoms with Crippen molar-refractivity contribution in [2.45, 2.75) is 32.9 Å². The van der Waals surface area contributed by atoms with E-state index in [-0.39, 0.29) is 5.91 Å². The Morgan fingerprint density at radius 3 is 2.43 bits per heavy atom. The fourth-order valence-electron chi connectivity index (χ4n) is 2.77. The molecule has 1 aromatic rings. The number of likely N-dealkylation sites (N-methyl/N-ethyl adjacent to an activating group) is 1. The Bertz CT molecular complexity index is 453. The summed E-state index contributed by atoms with van der Waals surface area (Å²) in [6, 6.07) is 4.09. The minimum Gasteiger partial charge on any atom is -0.339 e. The van der Waals surface area contributed by atoms with Crippen LogP contribution in [0.15, 0.2) is 24.5 Å². The second kappa shape index (κ2) is 7.00. The molecule has 21 heavy (non-hydrogen) atoms. The van der Waals surface area contributed by atoms with Crippen molar-refractivity contribution in [2.24, 2.45) is 0 Å². The van der Waals surface area contributed by atoms with Gasteiger partial charge < -0.3 is 10.2 Å². The summed E-state index contributed by atoms with van der Waals surface area (Å²) in [4.78, 5) is 20.9. The lowest BCUT2D eigenvalue weighted by atomic mass is 10.0. The predicted molar refractivity (Wildman–Crippen MR) is 83.8 cm³/mol. The molecule has 0 aliphatic carbocycles. The van der Waals surface area contributed by atoms with Gasteiger partial charge in [-0.3, -0.25) is 14.7 Å². The fourth-order valence-corrected chi connectivity index (χ4v) is 2.77. The van der Waals surface area contributed by atoms with Crippen LogP contribution >= 0.6 is 0 Å². The molecule has 0 aromatic carbocycles. The Balaban J connectivity index is 1.84. The first-order valence-electron chi connectivity index (χ1n) is 7.68. The third-order valence-corrected chi connectivity index (χ3v) is 3.97. The summed E-state index contributed by atoms with van der Waals surface area (Å²) in [5, 5.41) is 3.26. The molecule has 5 heteroatoms. The summed E-state index contributed by atoms with van der Waals surface area (Å²) in [6.07, 6.45) is 3.65. The summed E-state index contributed by atoms with van der Waals surface area (Å²) in [7, 11) is 0. The van der Waals surface area contributed by atoms with Gasteiger partial charge in [-0.15, -0.1) is 0 Å². The first-order valence-corrected chi connectivity index (χ1v) is 7.68. The van der Waals surface area contributed by atoms with Crippen LogP contribution in [-0.2, 0) is 11.3 Å². The van der Waals surface area contributed by atoms with Gasteiger partial charge in [-0.2, -0.15) is 0 Å². The largest absolute Gasteiger partial charge is 0.339 e. The molecular weight excluding hydrogens is 264 g/mol. The first kappa shape index (κ1) is 15.9. The van der Waals surface area contributed by atoms with Crippen LogP contribution in [0.2, 0.25) is 0 Å². The highest BCUT2D eigenvalue weighted by molar-refractivity contribution is 5.85. The number of pyridine rings is 1. The lowest BCUT2D eigenvalue weighted by Crippen LogP contribution is -2.58. The zero-order chi connectivity index (χ0) is 15.3. The van der Waals surface area contributed by atoms with E-state index in [9.17, 15) is 4.79 Å². The zero-order valence-corrected chi connectivity index (χ0v) is 13.3. The molecule has 0 atom stereocenters. The van der Waals surface area contributed by atoms with Crippen molar-refractivity contribution in [1.29, 1.82) is 0 Å². The normalized spacial score (nSPS) is 17.0. The van der Waals surface area contributed by atoms with Crippen molar-refractivity contribution in [3.63, 3.8) is 0 Å². The van der Waals surface area contributed by atoms with Crippen molar-refractivity contribution in [1.82, 2.24) is 20.1 Å². The molecule has 2 heterocycles. The van der Waals surface area contributed by atoms with Crippen LogP contribution in [0.25, 0.3) is 0 Å². The number of nitrogens with zero attached hydrogens (tertiary/aromatic N) is 3. The van der Waals surface area contributed by atoms with E-state index < -0.39 is 5.54 Å². The molecule has 1 aromatic heterocycles. The monoisotopic (exact) mass is 290 g/mol. The van der Waals surface area contributed by atoms with Gasteiger partial charge in [-0.1, -0.05) is 6.92 Å². The molecule has 1 N–H and O–H groups in total. The number of carbonyl (C=O) groups is 1. The molecule has 116 valence electrons. The second-order valence-corrected chi connectivity index (χ2v) is 6.08. The van der Waals surface area contributed by atoms with Gasteiger partial charge in [0.05, 0.1) is 5.54 Å². The van der Waals surface area contributed by atoms with Gasteiger partial charge >= 0.3 is 0 Å². The lowest BCUT2D eigenvalue weighted by molar-refractivity contribution is -0.139. The van der Waals surface area contributed by atoms with Gasteiger partial charge in [-0.05, 0) is 38.1 Å². The lowest BCUT2D eigenvalue weighted by Gasteiger charge is -2.38. The fraction of sp³-hybridized carbons (Fsp3) is 0.625. The smallest absolute Gasteiger partial charge is 0.242 e. The third-order valence-electron chi connectivity index (χ3n) is 3.97. The molecule has 2 rings (SSSR count). The highest BCUT2D eigenvalue weighted by atomic mass is 16.2. The Hall–Kier alpha value is -1.46. The van der Waals surface area contributed by atoms with E-state index in [4.69, 9.17) is 0 Å². The average molecular weight is 290 g/mol. The predicted octanol–water partition coefficient (Wildman–Crippen LogP) is 1.11. The van der Waals surface area contributed by atoms with Gasteiger partial charge in [0.25, 0.3) is 0 Å². The van der Waals surface area contributed by atoms with Crippen molar-refractivity contribution < 1.29 is 4.79 Å². The van der Waals surface area contributed by atoms with E-state index in [2.05, 4.69) is 15.2 Å². The minimum atomic E-state index is -0.470. The van der Waals surface area contributed by atoms with Gasteiger partial charge in [0.1, 0.15) is 0 Å². The van der Waals surface area contributed by atoms with Crippen LogP contribution < -0.4 is 5.32 Å². The van der Waals surface area contributed by atoms with E-state index in [1.807, 2.05) is 50.2 Å². The van der Waals surface area contributed by atoms with Crippen LogP contribution in [0.4, 0.5) is 0 Å². The van der Waals surface area contributed by atoms with Gasteiger partial charge in [0.2, 0.25) is 5.91 Å². The molecule has 1 aliphatic rings. The number of hydrogen-bond donors (Lipinski definition) is 1. The summed E-state index contributed by atoms with van der Waals surface area (Å²) >= 11 is 0. The van der Waals surface area contributed by atoms with Crippen LogP contribution in [0.5, 0.6) is 0 Å². The van der Waals surface area contributed by atoms with Gasteiger partial charge in [0.15, 0.2) is 0 Å². The summed E-state index contributed by atoms with van der Waals surface area (Å²) in [5.74, 6) is 0.202. The summed E-state index contributed by atoms with van der Waals surface area (Å²) in [5.41, 5.74) is 0.805. The maximum atomic E-state index is 12.5. The molecule has 0 unspecified atom stereocenters. The standard InChI is InChI=1S/C16H26N4O/c1-4-18-16(2,3)15(21)20-11-9-19(10-12-20)13-14-5-7-17-8-6-14/h5-8,18H,4,9-13H2,1-3H3. The topological polar surface area (TPSA) is 48.5 Å². The number of nitrogens with one attached hydrogen (secondary N) is 1. The summed E-state index contributed by atoms with van der Waals surface area (Å²) in [6.45, 7) is 11.2. The van der Waals surface area contributed by atoms with E-state index in [0.717, 1.165) is 39.3 Å². The van der Waals surface area contributed by atoms with Crippen molar-refractivity contribution >= 4 is 5.91 Å². The van der Waals surface area contributed by atoms with Crippen LogP contribution in [-0.4, -0.2) is 59.0 Å². The molecule has 1 fully saturated rings. The third kappa shape index (κ3) is 4.25. The van der Waals surface area contributed by atoms with Crippen molar-refractivity contribution in [3.05, 3.63) is 30.1 Å². The first-order chi connectivity index (χ1) is 10.0. The van der Waals surface area contributed by atoms with Crippen LogP contribution in [0.1, 0.15) is 26.3 Å². The molecule has 1 amide bonds. The number of amides is 1. The van der Waals surface area contributed by atoms with E-state index in [1.54, 1.807) is 0 Å². The summed E-state index contributed by atoms with van der Waals surface area (Å²) < 4.78 is 0. The Morgan fingerprint density at radius 1 is 1.24 bits per heavy atom. The van der Waals surface area contributed by atoms with Crippen LogP contribution in [0.3, 0.4) is 0 Å². The molecular formula is C16H26N4O. The molecule has 0 radical (unpaired) electrons.